The van der Waals surface area contributed by atoms with Crippen LogP contribution >= 0.6 is 0 Å². The van der Waals surface area contributed by atoms with Gasteiger partial charge in [0.05, 0.1) is 0 Å². The number of hydrogen-bond donors (Lipinski definition) is 1. The minimum absolute atomic E-state index is 0.0862. The molecule has 128 valence electrons. The van der Waals surface area contributed by atoms with Gasteiger partial charge in [-0.15, -0.1) is 0 Å². The normalized spacial score (nSPS) is 20.9. The van der Waals surface area contributed by atoms with Crippen LogP contribution in [0.1, 0.15) is 36.1 Å². The average molecular weight is 331 g/mol. The number of allylic oxidation sites excluding steroid dienone is 1. The molecule has 1 aromatic carbocycles. The number of pyridine rings is 1. The van der Waals surface area contributed by atoms with Crippen LogP contribution in [0.25, 0.3) is 16.6 Å². The molecule has 2 aromatic heterocycles. The molecule has 1 atom stereocenters. The monoisotopic (exact) mass is 331 g/mol. The van der Waals surface area contributed by atoms with Crippen LogP contribution in [0.2, 0.25) is 0 Å². The zero-order valence-corrected chi connectivity index (χ0v) is 15.2. The maximum absolute atomic E-state index is 4.47. The minimum atomic E-state index is 0.0862. The number of aryl methyl sites for hydroxylation is 1. The first-order chi connectivity index (χ1) is 12.1. The predicted molar refractivity (Wildman–Crippen MR) is 104 cm³/mol. The highest BCUT2D eigenvalue weighted by Gasteiger charge is 2.36. The molecule has 2 heterocycles. The van der Waals surface area contributed by atoms with Crippen molar-refractivity contribution in [2.24, 2.45) is 0 Å². The van der Waals surface area contributed by atoms with E-state index in [0.29, 0.717) is 0 Å². The van der Waals surface area contributed by atoms with Crippen molar-refractivity contribution in [2.75, 3.05) is 14.1 Å². The lowest BCUT2D eigenvalue weighted by Gasteiger charge is -2.43. The fourth-order valence-electron chi connectivity index (χ4n) is 4.22. The van der Waals surface area contributed by atoms with Crippen molar-refractivity contribution >= 4 is 16.6 Å². The van der Waals surface area contributed by atoms with Gasteiger partial charge in [0.25, 0.3) is 0 Å². The second kappa shape index (κ2) is 6.16. The van der Waals surface area contributed by atoms with Crippen LogP contribution in [-0.2, 0) is 5.54 Å². The highest BCUT2D eigenvalue weighted by Crippen LogP contribution is 2.43. The zero-order valence-electron chi connectivity index (χ0n) is 15.2. The fourth-order valence-corrected chi connectivity index (χ4v) is 4.22. The lowest BCUT2D eigenvalue weighted by Crippen LogP contribution is -2.42. The molecule has 0 bridgehead atoms. The summed E-state index contributed by atoms with van der Waals surface area (Å²) in [5.41, 5.74) is 6.47. The summed E-state index contributed by atoms with van der Waals surface area (Å²) in [7, 11) is 4.40. The van der Waals surface area contributed by atoms with Crippen LogP contribution < -0.4 is 0 Å². The van der Waals surface area contributed by atoms with Crippen LogP contribution in [0.15, 0.2) is 54.7 Å². The average Bonchev–Trinajstić information content (AvgIpc) is 2.99. The molecule has 0 amide bonds. The van der Waals surface area contributed by atoms with E-state index in [0.717, 1.165) is 24.9 Å². The molecule has 25 heavy (non-hydrogen) atoms. The van der Waals surface area contributed by atoms with Crippen LogP contribution in [0.5, 0.6) is 0 Å². The molecule has 1 unspecified atom stereocenters. The second-order valence-electron chi connectivity index (χ2n) is 7.25. The van der Waals surface area contributed by atoms with E-state index in [1.807, 2.05) is 12.3 Å². The van der Waals surface area contributed by atoms with Gasteiger partial charge in [0.2, 0.25) is 0 Å². The largest absolute Gasteiger partial charge is 0.339 e. The second-order valence-corrected chi connectivity index (χ2v) is 7.25. The van der Waals surface area contributed by atoms with E-state index in [2.05, 4.69) is 78.4 Å². The third-order valence-corrected chi connectivity index (χ3v) is 5.81. The summed E-state index contributed by atoms with van der Waals surface area (Å²) in [5.74, 6) is 0. The molecule has 0 fully saturated rings. The third-order valence-electron chi connectivity index (χ3n) is 5.81. The SMILES string of the molecule is Cc1c(C2=CCC(c3ccccc3)(N(C)C)CC2)[nH]c2ncccc12. The van der Waals surface area contributed by atoms with Crippen molar-refractivity contribution in [3.05, 3.63) is 71.6 Å². The van der Waals surface area contributed by atoms with Crippen molar-refractivity contribution in [1.29, 1.82) is 0 Å². The smallest absolute Gasteiger partial charge is 0.137 e. The van der Waals surface area contributed by atoms with E-state index >= 15 is 0 Å². The quantitative estimate of drug-likeness (QED) is 0.740. The Bertz CT molecular complexity index is 921. The molecule has 0 saturated heterocycles. The number of benzene rings is 1. The van der Waals surface area contributed by atoms with Crippen LogP contribution in [-0.4, -0.2) is 29.0 Å². The van der Waals surface area contributed by atoms with Gasteiger partial charge in [0, 0.05) is 22.8 Å². The number of hydrogen-bond acceptors (Lipinski definition) is 2. The van der Waals surface area contributed by atoms with Crippen LogP contribution in [0.3, 0.4) is 0 Å². The summed E-state index contributed by atoms with van der Waals surface area (Å²) >= 11 is 0. The number of aromatic nitrogens is 2. The number of nitrogens with one attached hydrogen (secondary N) is 1. The lowest BCUT2D eigenvalue weighted by atomic mass is 9.75. The number of aromatic amines is 1. The van der Waals surface area contributed by atoms with Gasteiger partial charge in [-0.05, 0) is 69.1 Å². The first-order valence-corrected chi connectivity index (χ1v) is 8.97. The van der Waals surface area contributed by atoms with E-state index in [1.54, 1.807) is 0 Å². The van der Waals surface area contributed by atoms with E-state index in [1.165, 1.54) is 27.8 Å². The van der Waals surface area contributed by atoms with Crippen molar-refractivity contribution in [1.82, 2.24) is 14.9 Å². The van der Waals surface area contributed by atoms with Crippen LogP contribution in [0.4, 0.5) is 0 Å². The molecule has 3 aromatic rings. The first kappa shape index (κ1) is 16.1. The molecule has 3 heteroatoms. The Kier molecular flexibility index (Phi) is 3.97. The van der Waals surface area contributed by atoms with Gasteiger partial charge >= 0.3 is 0 Å². The number of fused-ring (bicyclic) bond motifs is 1. The van der Waals surface area contributed by atoms with Crippen molar-refractivity contribution in [3.63, 3.8) is 0 Å². The third kappa shape index (κ3) is 2.59. The first-order valence-electron chi connectivity index (χ1n) is 8.97. The Morgan fingerprint density at radius 3 is 2.52 bits per heavy atom. The molecule has 0 aliphatic heterocycles. The summed E-state index contributed by atoms with van der Waals surface area (Å²) in [6.45, 7) is 2.20. The fraction of sp³-hybridized carbons (Fsp3) is 0.318. The van der Waals surface area contributed by atoms with E-state index in [9.17, 15) is 0 Å². The predicted octanol–water partition coefficient (Wildman–Crippen LogP) is 4.90. The molecule has 1 N–H and O–H groups in total. The Morgan fingerprint density at radius 2 is 1.88 bits per heavy atom. The van der Waals surface area contributed by atoms with Crippen LogP contribution in [0, 0.1) is 6.92 Å². The molecule has 0 radical (unpaired) electrons. The van der Waals surface area contributed by atoms with Crippen molar-refractivity contribution < 1.29 is 0 Å². The van der Waals surface area contributed by atoms with Crippen molar-refractivity contribution in [2.45, 2.75) is 31.7 Å². The Labute approximate surface area is 149 Å². The van der Waals surface area contributed by atoms with Gasteiger partial charge < -0.3 is 4.98 Å². The Balaban J connectivity index is 1.72. The van der Waals surface area contributed by atoms with E-state index in [4.69, 9.17) is 0 Å². The molecule has 1 aliphatic rings. The van der Waals surface area contributed by atoms with Gasteiger partial charge in [-0.25, -0.2) is 4.98 Å². The zero-order chi connectivity index (χ0) is 17.4. The summed E-state index contributed by atoms with van der Waals surface area (Å²) in [6.07, 6.45) is 7.50. The van der Waals surface area contributed by atoms with E-state index in [-0.39, 0.29) is 5.54 Å². The molecular weight excluding hydrogens is 306 g/mol. The maximum atomic E-state index is 4.47. The summed E-state index contributed by atoms with van der Waals surface area (Å²) in [6, 6.07) is 15.1. The number of H-pyrrole nitrogens is 1. The highest BCUT2D eigenvalue weighted by atomic mass is 15.1. The molecule has 0 saturated carbocycles. The van der Waals surface area contributed by atoms with Crippen molar-refractivity contribution in [3.8, 4) is 0 Å². The van der Waals surface area contributed by atoms with E-state index < -0.39 is 0 Å². The highest BCUT2D eigenvalue weighted by molar-refractivity contribution is 5.86. The van der Waals surface area contributed by atoms with Gasteiger partial charge in [-0.3, -0.25) is 4.90 Å². The topological polar surface area (TPSA) is 31.9 Å². The molecule has 0 spiro atoms. The van der Waals surface area contributed by atoms with Gasteiger partial charge in [0.15, 0.2) is 0 Å². The lowest BCUT2D eigenvalue weighted by molar-refractivity contribution is 0.138. The molecule has 1 aliphatic carbocycles. The molecular formula is C22H25N3. The Morgan fingerprint density at radius 1 is 1.08 bits per heavy atom. The van der Waals surface area contributed by atoms with Gasteiger partial charge in [-0.1, -0.05) is 36.4 Å². The van der Waals surface area contributed by atoms with Gasteiger partial charge in [-0.2, -0.15) is 0 Å². The summed E-state index contributed by atoms with van der Waals surface area (Å²) in [5, 5.41) is 1.23. The standard InChI is InChI=1S/C22H25N3/c1-16-19-10-7-15-23-21(19)24-20(16)17-11-13-22(14-12-17,25(2)3)18-8-5-4-6-9-18/h4-11,15H,12-14H2,1-3H3,(H,23,24). The Hall–Kier alpha value is -2.39. The number of nitrogens with zero attached hydrogens (tertiary/aromatic N) is 2. The minimum Gasteiger partial charge on any atom is -0.339 e. The molecule has 4 rings (SSSR count). The number of rotatable bonds is 3. The summed E-state index contributed by atoms with van der Waals surface area (Å²) in [4.78, 5) is 10.4. The van der Waals surface area contributed by atoms with Gasteiger partial charge in [0.1, 0.15) is 5.65 Å². The molecule has 3 nitrogen and oxygen atoms in total. The maximum Gasteiger partial charge on any atom is 0.137 e. The summed E-state index contributed by atoms with van der Waals surface area (Å²) < 4.78 is 0.